The van der Waals surface area contributed by atoms with Crippen LogP contribution in [-0.4, -0.2) is 29.3 Å². The highest BCUT2D eigenvalue weighted by atomic mass is 35.5. The lowest BCUT2D eigenvalue weighted by Crippen LogP contribution is -2.14. The Balaban J connectivity index is 1.97. The normalized spacial score (nSPS) is 11.7. The largest absolute Gasteiger partial charge is 0.491 e. The van der Waals surface area contributed by atoms with E-state index in [2.05, 4.69) is 14.9 Å². The van der Waals surface area contributed by atoms with Gasteiger partial charge in [-0.15, -0.1) is 10.2 Å². The number of aromatic nitrogens is 3. The molecule has 0 aliphatic rings. The number of nitrogens with zero attached hydrogens (tertiary/aromatic N) is 3. The van der Waals surface area contributed by atoms with Gasteiger partial charge in [-0.1, -0.05) is 11.6 Å². The van der Waals surface area contributed by atoms with Crippen LogP contribution in [0.4, 0.5) is 5.69 Å². The molecule has 0 atom stereocenters. The summed E-state index contributed by atoms with van der Waals surface area (Å²) in [5.41, 5.74) is 0.933. The Bertz CT molecular complexity index is 1110. The van der Waals surface area contributed by atoms with Gasteiger partial charge in [0.2, 0.25) is 0 Å². The minimum Gasteiger partial charge on any atom is -0.491 e. The number of sulfonamides is 1. The number of hydrogen-bond donors (Lipinski definition) is 1. The average molecular weight is 435 g/mol. The first kappa shape index (κ1) is 21.1. The number of rotatable bonds is 7. The quantitative estimate of drug-likeness (QED) is 0.591. The van der Waals surface area contributed by atoms with Crippen molar-refractivity contribution in [2.24, 2.45) is 0 Å². The first-order valence-corrected chi connectivity index (χ1v) is 11.1. The van der Waals surface area contributed by atoms with Crippen molar-refractivity contribution in [1.29, 1.82) is 0 Å². The first-order chi connectivity index (χ1) is 13.7. The molecular weight excluding hydrogens is 412 g/mol. The monoisotopic (exact) mass is 434 g/mol. The number of anilines is 1. The summed E-state index contributed by atoms with van der Waals surface area (Å²) >= 11 is 6.17. The van der Waals surface area contributed by atoms with E-state index in [1.165, 1.54) is 12.1 Å². The van der Waals surface area contributed by atoms with Gasteiger partial charge in [-0.2, -0.15) is 0 Å². The molecule has 0 aliphatic heterocycles. The fourth-order valence-corrected chi connectivity index (χ4v) is 4.17. The zero-order chi connectivity index (χ0) is 21.2. The summed E-state index contributed by atoms with van der Waals surface area (Å²) < 4.78 is 36.0. The Labute approximate surface area is 175 Å². The topological polar surface area (TPSA) is 86.1 Å². The molecule has 0 fully saturated rings. The van der Waals surface area contributed by atoms with Crippen LogP contribution in [0.2, 0.25) is 5.02 Å². The number of benzene rings is 2. The van der Waals surface area contributed by atoms with Gasteiger partial charge in [-0.25, -0.2) is 8.42 Å². The Kier molecular flexibility index (Phi) is 6.14. The molecule has 3 aromatic rings. The molecule has 7 nitrogen and oxygen atoms in total. The minimum atomic E-state index is -3.82. The molecule has 1 N–H and O–H groups in total. The maximum atomic E-state index is 12.9. The summed E-state index contributed by atoms with van der Waals surface area (Å²) in [7, 11) is -3.82. The van der Waals surface area contributed by atoms with Crippen LogP contribution in [0.1, 0.15) is 26.6 Å². The third-order valence-electron chi connectivity index (χ3n) is 4.22. The van der Waals surface area contributed by atoms with Crippen molar-refractivity contribution in [3.05, 3.63) is 53.3 Å². The molecule has 29 heavy (non-hydrogen) atoms. The van der Waals surface area contributed by atoms with Gasteiger partial charge in [-0.05, 0) is 70.2 Å². The second kappa shape index (κ2) is 8.42. The third kappa shape index (κ3) is 4.71. The van der Waals surface area contributed by atoms with Crippen molar-refractivity contribution >= 4 is 27.3 Å². The van der Waals surface area contributed by atoms with E-state index in [1.54, 1.807) is 30.3 Å². The molecule has 9 heteroatoms. The number of ether oxygens (including phenoxy) is 1. The van der Waals surface area contributed by atoms with Crippen molar-refractivity contribution < 1.29 is 13.2 Å². The van der Waals surface area contributed by atoms with E-state index in [0.717, 1.165) is 5.82 Å². The molecule has 0 radical (unpaired) electrons. The van der Waals surface area contributed by atoms with E-state index in [1.807, 2.05) is 32.3 Å². The van der Waals surface area contributed by atoms with Gasteiger partial charge < -0.3 is 9.30 Å². The second-order valence-corrected chi connectivity index (χ2v) is 8.87. The molecule has 0 unspecified atom stereocenters. The van der Waals surface area contributed by atoms with Crippen LogP contribution in [0.3, 0.4) is 0 Å². The molecule has 1 aromatic heterocycles. The maximum Gasteiger partial charge on any atom is 0.261 e. The van der Waals surface area contributed by atoms with Gasteiger partial charge >= 0.3 is 0 Å². The fourth-order valence-electron chi connectivity index (χ4n) is 2.92. The zero-order valence-electron chi connectivity index (χ0n) is 16.7. The van der Waals surface area contributed by atoms with Crippen LogP contribution in [0.15, 0.2) is 47.4 Å². The summed E-state index contributed by atoms with van der Waals surface area (Å²) in [6.07, 6.45) is 0.00609. The molecule has 0 amide bonds. The second-order valence-electron chi connectivity index (χ2n) is 6.75. The van der Waals surface area contributed by atoms with Crippen molar-refractivity contribution in [1.82, 2.24) is 14.8 Å². The van der Waals surface area contributed by atoms with Crippen molar-refractivity contribution in [2.45, 2.75) is 45.2 Å². The van der Waals surface area contributed by atoms with Crippen molar-refractivity contribution in [3.8, 4) is 17.1 Å². The highest BCUT2D eigenvalue weighted by Gasteiger charge is 2.20. The smallest absolute Gasteiger partial charge is 0.261 e. The van der Waals surface area contributed by atoms with Gasteiger partial charge in [0.05, 0.1) is 16.7 Å². The summed E-state index contributed by atoms with van der Waals surface area (Å²) in [6, 6.07) is 11.2. The molecule has 0 saturated heterocycles. The molecule has 0 saturated carbocycles. The van der Waals surface area contributed by atoms with E-state index in [9.17, 15) is 8.42 Å². The Hall–Kier alpha value is -2.58. The number of halogens is 1. The van der Waals surface area contributed by atoms with Crippen molar-refractivity contribution in [2.75, 3.05) is 4.72 Å². The average Bonchev–Trinajstić information content (AvgIpc) is 3.03. The molecule has 0 aliphatic carbocycles. The van der Waals surface area contributed by atoms with E-state index in [0.29, 0.717) is 34.4 Å². The molecule has 3 rings (SSSR count). The lowest BCUT2D eigenvalue weighted by atomic mass is 10.1. The molecule has 1 heterocycles. The molecular formula is C20H23ClN4O3S. The zero-order valence-corrected chi connectivity index (χ0v) is 18.3. The van der Waals surface area contributed by atoms with E-state index < -0.39 is 10.0 Å². The van der Waals surface area contributed by atoms with Crippen LogP contribution >= 0.6 is 11.6 Å². The fraction of sp³-hybridized carbons (Fsp3) is 0.300. The lowest BCUT2D eigenvalue weighted by Gasteiger charge is -2.14. The maximum absolute atomic E-state index is 12.9. The van der Waals surface area contributed by atoms with Crippen LogP contribution in [-0.2, 0) is 16.6 Å². The summed E-state index contributed by atoms with van der Waals surface area (Å²) in [5, 5.41) is 8.78. The van der Waals surface area contributed by atoms with Gasteiger partial charge in [0.25, 0.3) is 10.0 Å². The third-order valence-corrected chi connectivity index (χ3v) is 5.84. The highest BCUT2D eigenvalue weighted by molar-refractivity contribution is 7.92. The first-order valence-electron chi connectivity index (χ1n) is 9.20. The molecule has 0 spiro atoms. The van der Waals surface area contributed by atoms with Crippen LogP contribution in [0.25, 0.3) is 11.4 Å². The van der Waals surface area contributed by atoms with Gasteiger partial charge in [0.15, 0.2) is 5.82 Å². The van der Waals surface area contributed by atoms with Gasteiger partial charge in [0, 0.05) is 17.1 Å². The van der Waals surface area contributed by atoms with Crippen LogP contribution < -0.4 is 9.46 Å². The predicted molar refractivity (Wildman–Crippen MR) is 114 cm³/mol. The van der Waals surface area contributed by atoms with Gasteiger partial charge in [0.1, 0.15) is 11.6 Å². The summed E-state index contributed by atoms with van der Waals surface area (Å²) in [6.45, 7) is 8.27. The van der Waals surface area contributed by atoms with Gasteiger partial charge in [-0.3, -0.25) is 4.72 Å². The van der Waals surface area contributed by atoms with E-state index in [-0.39, 0.29) is 11.0 Å². The Morgan fingerprint density at radius 1 is 1.14 bits per heavy atom. The van der Waals surface area contributed by atoms with Crippen LogP contribution in [0, 0.1) is 6.92 Å². The highest BCUT2D eigenvalue weighted by Crippen LogP contribution is 2.32. The van der Waals surface area contributed by atoms with Crippen molar-refractivity contribution in [3.63, 3.8) is 0 Å². The number of aryl methyl sites for hydroxylation is 1. The van der Waals surface area contributed by atoms with E-state index in [4.69, 9.17) is 16.3 Å². The lowest BCUT2D eigenvalue weighted by molar-refractivity contribution is 0.242. The Morgan fingerprint density at radius 3 is 2.45 bits per heavy atom. The number of nitrogens with one attached hydrogen (secondary N) is 1. The predicted octanol–water partition coefficient (Wildman–Crippen LogP) is 4.51. The molecule has 0 bridgehead atoms. The minimum absolute atomic E-state index is 0.00609. The van der Waals surface area contributed by atoms with Crippen LogP contribution in [0.5, 0.6) is 5.75 Å². The molecule has 154 valence electrons. The Morgan fingerprint density at radius 2 is 1.83 bits per heavy atom. The number of hydrogen-bond acceptors (Lipinski definition) is 5. The van der Waals surface area contributed by atoms with E-state index >= 15 is 0 Å². The SMILES string of the molecule is CCn1c(C)nnc1-c1cc(Cl)ccc1NS(=O)(=O)c1ccc(OC(C)C)cc1. The summed E-state index contributed by atoms with van der Waals surface area (Å²) in [5.74, 6) is 1.89. The molecule has 2 aromatic carbocycles. The standard InChI is InChI=1S/C20H23ClN4O3S/c1-5-25-14(4)22-23-20(25)18-12-15(21)6-11-19(18)24-29(26,27)17-9-7-16(8-10-17)28-13(2)3/h6-13,24H,5H2,1-4H3. The summed E-state index contributed by atoms with van der Waals surface area (Å²) in [4.78, 5) is 0.127.